The van der Waals surface area contributed by atoms with Crippen LogP contribution < -0.4 is 0 Å². The molecule has 10 aromatic rings. The molecule has 2 heteroatoms. The van der Waals surface area contributed by atoms with Gasteiger partial charge in [0.1, 0.15) is 22.5 Å². The third-order valence-electron chi connectivity index (χ3n) is 8.42. The molecule has 10 rings (SSSR count). The zero-order chi connectivity index (χ0) is 43.2. The Morgan fingerprint density at radius 1 is 0.413 bits per heavy atom. The van der Waals surface area contributed by atoms with Gasteiger partial charge in [-0.25, -0.2) is 0 Å². The van der Waals surface area contributed by atoms with Crippen LogP contribution in [0, 0.1) is 0 Å². The van der Waals surface area contributed by atoms with Crippen LogP contribution in [0.3, 0.4) is 0 Å². The smallest absolute Gasteiger partial charge is 0.147 e. The van der Waals surface area contributed by atoms with Crippen molar-refractivity contribution in [1.82, 2.24) is 0 Å². The Morgan fingerprint density at radius 3 is 1.80 bits per heavy atom. The topological polar surface area (TPSA) is 26.3 Å². The fourth-order valence-corrected chi connectivity index (χ4v) is 6.53. The van der Waals surface area contributed by atoms with Crippen LogP contribution in [0.25, 0.3) is 98.8 Å². The molecule has 0 unspecified atom stereocenters. The molecule has 0 aliphatic carbocycles. The lowest BCUT2D eigenvalue weighted by Crippen LogP contribution is -1.92. The molecule has 0 bridgehead atoms. The van der Waals surface area contributed by atoms with E-state index in [9.17, 15) is 6.85 Å². The average Bonchev–Trinajstić information content (AvgIpc) is 3.84. The summed E-state index contributed by atoms with van der Waals surface area (Å²) in [6.45, 7) is 0. The summed E-state index contributed by atoms with van der Waals surface area (Å²) >= 11 is 0. The van der Waals surface area contributed by atoms with Gasteiger partial charge in [-0.1, -0.05) is 139 Å². The Hall–Kier alpha value is -6.12. The highest BCUT2D eigenvalue weighted by molar-refractivity contribution is 6.26. The highest BCUT2D eigenvalue weighted by Crippen LogP contribution is 2.51. The van der Waals surface area contributed by atoms with E-state index in [1.54, 1.807) is 48.5 Å². The minimum atomic E-state index is -0.778. The van der Waals surface area contributed by atoms with Crippen molar-refractivity contribution in [3.63, 3.8) is 0 Å². The number of fused-ring (bicyclic) bond motifs is 8. The molecule has 0 N–H and O–H groups in total. The number of benzene rings is 8. The molecule has 46 heavy (non-hydrogen) atoms. The van der Waals surface area contributed by atoms with Gasteiger partial charge in [-0.15, -0.1) is 0 Å². The van der Waals surface area contributed by atoms with E-state index in [-0.39, 0.29) is 32.9 Å². The number of hydrogen-bond donors (Lipinski definition) is 0. The van der Waals surface area contributed by atoms with Gasteiger partial charge in [0.05, 0.1) is 25.9 Å². The zero-order valence-electron chi connectivity index (χ0n) is 38.7. The fraction of sp³-hybridized carbons (Fsp3) is 0. The first-order valence-corrected chi connectivity index (χ1v) is 14.5. The van der Waals surface area contributed by atoms with Crippen LogP contribution in [0.2, 0.25) is 0 Å². The Labute approximate surface area is 285 Å². The average molecular weight is 602 g/mol. The molecular weight excluding hydrogens is 560 g/mol. The van der Waals surface area contributed by atoms with E-state index >= 15 is 0 Å². The van der Waals surface area contributed by atoms with Crippen molar-refractivity contribution in [1.29, 1.82) is 0 Å². The molecule has 8 aromatic carbocycles. The molecule has 0 fully saturated rings. The van der Waals surface area contributed by atoms with Crippen LogP contribution in [0.15, 0.2) is 166 Å². The van der Waals surface area contributed by atoms with Gasteiger partial charge >= 0.3 is 0 Å². The van der Waals surface area contributed by atoms with Crippen LogP contribution in [-0.2, 0) is 0 Å². The van der Waals surface area contributed by atoms with E-state index < -0.39 is 113 Å². The lowest BCUT2D eigenvalue weighted by Gasteiger charge is -2.18. The second-order valence-electron chi connectivity index (χ2n) is 10.8. The van der Waals surface area contributed by atoms with Crippen molar-refractivity contribution in [2.24, 2.45) is 0 Å². The lowest BCUT2D eigenvalue weighted by molar-refractivity contribution is 0.636. The maximum Gasteiger partial charge on any atom is 0.147 e. The molecular formula is C44H26O2. The predicted molar refractivity (Wildman–Crippen MR) is 192 cm³/mol. The van der Waals surface area contributed by atoms with Crippen molar-refractivity contribution in [2.75, 3.05) is 0 Å². The van der Waals surface area contributed by atoms with E-state index in [0.29, 0.717) is 44.0 Å². The summed E-state index contributed by atoms with van der Waals surface area (Å²) in [5.74, 6) is -0.0175. The third-order valence-corrected chi connectivity index (χ3v) is 8.42. The Morgan fingerprint density at radius 2 is 1.04 bits per heavy atom. The largest absolute Gasteiger partial charge is 0.456 e. The Bertz CT molecular complexity index is 3560. The van der Waals surface area contributed by atoms with Gasteiger partial charge in [-0.3, -0.25) is 0 Å². The second-order valence-corrected chi connectivity index (χ2v) is 10.8. The molecule has 0 atom stereocenters. The van der Waals surface area contributed by atoms with Crippen molar-refractivity contribution in [3.05, 3.63) is 157 Å². The van der Waals surface area contributed by atoms with Gasteiger partial charge in [-0.2, -0.15) is 0 Å². The molecule has 2 aromatic heterocycles. The fourth-order valence-electron chi connectivity index (χ4n) is 6.53. The first-order chi connectivity index (χ1) is 29.1. The van der Waals surface area contributed by atoms with Gasteiger partial charge in [0.25, 0.3) is 0 Å². The van der Waals surface area contributed by atoms with Gasteiger partial charge in [-0.05, 0) is 67.2 Å². The van der Waals surface area contributed by atoms with Crippen LogP contribution >= 0.6 is 0 Å². The van der Waals surface area contributed by atoms with E-state index in [4.69, 9.17) is 22.5 Å². The van der Waals surface area contributed by atoms with E-state index in [0.717, 1.165) is 0 Å². The molecule has 0 amide bonds. The standard InChI is InChI=1S/C44H26O2/c1-2-14-28(15-3-1)39-36-25-26-38-42(35-22-10-11-24-37(35)45-38)43(36)46-44(39)41-33-20-8-6-18-31(33)40(32-19-7-9-21-34(32)41)30-23-12-16-27-13-4-5-17-29(27)30/h1-26H/i4D,5D,6D,7D,8D,9D,12D,13D,16D,17D,18D,19D,20D,21D,23D. The van der Waals surface area contributed by atoms with E-state index in [1.165, 1.54) is 0 Å². The molecule has 0 aliphatic heterocycles. The molecule has 2 heterocycles. The third kappa shape index (κ3) is 3.53. The van der Waals surface area contributed by atoms with Gasteiger partial charge in [0.15, 0.2) is 0 Å². The van der Waals surface area contributed by atoms with Crippen molar-refractivity contribution >= 4 is 65.2 Å². The minimum Gasteiger partial charge on any atom is -0.456 e. The predicted octanol–water partition coefficient (Wildman–Crippen LogP) is 12.8. The summed E-state index contributed by atoms with van der Waals surface area (Å²) in [6.07, 6.45) is 0. The summed E-state index contributed by atoms with van der Waals surface area (Å²) in [7, 11) is 0. The van der Waals surface area contributed by atoms with E-state index in [2.05, 4.69) is 0 Å². The maximum atomic E-state index is 9.55. The van der Waals surface area contributed by atoms with Crippen molar-refractivity contribution < 1.29 is 29.4 Å². The minimum absolute atomic E-state index is 0.0175. The van der Waals surface area contributed by atoms with Crippen LogP contribution in [0.5, 0.6) is 0 Å². The summed E-state index contributed by atoms with van der Waals surface area (Å²) < 4.78 is 149. The molecule has 214 valence electrons. The number of rotatable bonds is 3. The molecule has 0 aliphatic rings. The maximum absolute atomic E-state index is 9.55. The molecule has 2 nitrogen and oxygen atoms in total. The highest BCUT2D eigenvalue weighted by atomic mass is 16.3. The zero-order valence-corrected chi connectivity index (χ0v) is 23.7. The first-order valence-electron chi connectivity index (χ1n) is 22.0. The van der Waals surface area contributed by atoms with Gasteiger partial charge < -0.3 is 8.83 Å². The lowest BCUT2D eigenvalue weighted by atomic mass is 9.85. The number of para-hydroxylation sites is 1. The van der Waals surface area contributed by atoms with Crippen LogP contribution in [0.1, 0.15) is 20.6 Å². The molecule has 0 saturated heterocycles. The first kappa shape index (κ1) is 14.8. The van der Waals surface area contributed by atoms with Crippen molar-refractivity contribution in [2.45, 2.75) is 0 Å². The monoisotopic (exact) mass is 601 g/mol. The normalized spacial score (nSPS) is 16.5. The highest BCUT2D eigenvalue weighted by Gasteiger charge is 2.26. The second kappa shape index (κ2) is 9.69. The van der Waals surface area contributed by atoms with Crippen LogP contribution in [-0.4, -0.2) is 0 Å². The molecule has 0 saturated carbocycles. The quantitative estimate of drug-likeness (QED) is 0.188. The summed E-state index contributed by atoms with van der Waals surface area (Å²) in [4.78, 5) is 0. The van der Waals surface area contributed by atoms with E-state index in [1.807, 2.05) is 18.2 Å². The summed E-state index contributed by atoms with van der Waals surface area (Å²) in [6, 6.07) is 9.17. The summed E-state index contributed by atoms with van der Waals surface area (Å²) in [5.41, 5.74) is 1.37. The number of hydrogen-bond acceptors (Lipinski definition) is 2. The summed E-state index contributed by atoms with van der Waals surface area (Å²) in [5, 5.41) is -0.330. The Kier molecular flexibility index (Phi) is 3.11. The van der Waals surface area contributed by atoms with Gasteiger partial charge in [0, 0.05) is 21.9 Å². The van der Waals surface area contributed by atoms with Gasteiger partial charge in [0.2, 0.25) is 0 Å². The molecule has 0 radical (unpaired) electrons. The van der Waals surface area contributed by atoms with Crippen LogP contribution in [0.4, 0.5) is 0 Å². The molecule has 0 spiro atoms. The van der Waals surface area contributed by atoms with Crippen molar-refractivity contribution in [3.8, 4) is 33.6 Å². The number of furan rings is 2. The Balaban J connectivity index is 1.56. The SMILES string of the molecule is [2H]c1c([2H])c([2H])c2c(-c3c4c([2H])c([2H])c([2H])c([2H])c4c(-c4oc5c(ccc6oc7ccccc7c65)c4-c4ccccc4)c4c([2H])c([2H])c([2H])c([2H])c34)c([2H])c([2H])c([2H])c2c1[2H].